The monoisotopic (exact) mass is 340 g/mol. The predicted octanol–water partition coefficient (Wildman–Crippen LogP) is 3.56. The second-order valence-corrected chi connectivity index (χ2v) is 6.47. The molecular weight excluding hydrogens is 320 g/mol. The second kappa shape index (κ2) is 5.91. The number of carbonyl (C=O) groups excluding carboxylic acids is 1. The fourth-order valence-corrected chi connectivity index (χ4v) is 3.56. The molecule has 1 N–H and O–H groups in total. The highest BCUT2D eigenvalue weighted by atomic mass is 16.5. The summed E-state index contributed by atoms with van der Waals surface area (Å²) in [5.41, 5.74) is 2.95. The van der Waals surface area contributed by atoms with Crippen LogP contribution in [0.3, 0.4) is 0 Å². The molecular formula is C18H20N4O3. The zero-order chi connectivity index (χ0) is 17.6. The first-order valence-electron chi connectivity index (χ1n) is 8.40. The molecule has 0 spiro atoms. The van der Waals surface area contributed by atoms with E-state index >= 15 is 0 Å². The first-order valence-corrected chi connectivity index (χ1v) is 8.40. The Morgan fingerprint density at radius 2 is 2.16 bits per heavy atom. The third-order valence-corrected chi connectivity index (χ3v) is 4.74. The van der Waals surface area contributed by atoms with E-state index in [1.807, 2.05) is 37.8 Å². The zero-order valence-electron chi connectivity index (χ0n) is 14.5. The Labute approximate surface area is 145 Å². The van der Waals surface area contributed by atoms with Crippen LogP contribution in [0.15, 0.2) is 27.1 Å². The van der Waals surface area contributed by atoms with E-state index in [4.69, 9.17) is 8.94 Å². The molecule has 1 amide bonds. The maximum absolute atomic E-state index is 13.0. The van der Waals surface area contributed by atoms with E-state index in [1.165, 1.54) is 0 Å². The second-order valence-electron chi connectivity index (χ2n) is 6.47. The number of aryl methyl sites for hydroxylation is 3. The summed E-state index contributed by atoms with van der Waals surface area (Å²) in [5, 5.41) is 11.1. The normalized spacial score (nSPS) is 17.4. The Morgan fingerprint density at radius 3 is 2.84 bits per heavy atom. The Morgan fingerprint density at radius 1 is 1.32 bits per heavy atom. The molecule has 1 fully saturated rings. The predicted molar refractivity (Wildman–Crippen MR) is 90.0 cm³/mol. The number of nitrogens with zero attached hydrogens (tertiary/aromatic N) is 3. The van der Waals surface area contributed by atoms with Crippen LogP contribution in [0, 0.1) is 20.8 Å². The number of rotatable bonds is 3. The molecule has 0 aliphatic carbocycles. The molecule has 25 heavy (non-hydrogen) atoms. The Bertz CT molecular complexity index is 901. The third-order valence-electron chi connectivity index (χ3n) is 4.74. The SMILES string of the molecule is Cc1ccc(-c2cc(C(=O)N3CCCC3c3c(C)noc3C)n[nH]2)o1. The minimum absolute atomic E-state index is 0.00948. The highest BCUT2D eigenvalue weighted by Crippen LogP contribution is 2.36. The summed E-state index contributed by atoms with van der Waals surface area (Å²) in [6.07, 6.45) is 1.86. The van der Waals surface area contributed by atoms with Gasteiger partial charge in [0, 0.05) is 18.2 Å². The van der Waals surface area contributed by atoms with E-state index in [2.05, 4.69) is 15.4 Å². The molecule has 4 rings (SSSR count). The molecule has 1 atom stereocenters. The number of hydrogen-bond donors (Lipinski definition) is 1. The minimum atomic E-state index is -0.0896. The lowest BCUT2D eigenvalue weighted by molar-refractivity contribution is 0.0728. The summed E-state index contributed by atoms with van der Waals surface area (Å²) < 4.78 is 10.9. The molecule has 3 aromatic rings. The number of likely N-dealkylation sites (tertiary alicyclic amines) is 1. The van der Waals surface area contributed by atoms with E-state index < -0.39 is 0 Å². The minimum Gasteiger partial charge on any atom is -0.460 e. The van der Waals surface area contributed by atoms with Gasteiger partial charge in [-0.2, -0.15) is 5.10 Å². The van der Waals surface area contributed by atoms with Gasteiger partial charge < -0.3 is 13.8 Å². The van der Waals surface area contributed by atoms with Crippen LogP contribution in [0.1, 0.15) is 52.1 Å². The molecule has 0 saturated carbocycles. The van der Waals surface area contributed by atoms with E-state index in [1.54, 1.807) is 6.07 Å². The summed E-state index contributed by atoms with van der Waals surface area (Å²) in [4.78, 5) is 14.8. The Hall–Kier alpha value is -2.83. The molecule has 130 valence electrons. The summed E-state index contributed by atoms with van der Waals surface area (Å²) in [6, 6.07) is 5.47. The van der Waals surface area contributed by atoms with Crippen molar-refractivity contribution in [3.05, 3.63) is 46.7 Å². The quantitative estimate of drug-likeness (QED) is 0.787. The molecule has 3 aromatic heterocycles. The molecule has 1 unspecified atom stereocenters. The lowest BCUT2D eigenvalue weighted by atomic mass is 10.0. The fraction of sp³-hybridized carbons (Fsp3) is 0.389. The standard InChI is InChI=1S/C18H20N4O3/c1-10-6-7-16(24-10)13-9-14(20-19-13)18(23)22-8-4-5-15(22)17-11(2)21-25-12(17)3/h6-7,9,15H,4-5,8H2,1-3H3,(H,19,20). The number of hydrogen-bond acceptors (Lipinski definition) is 5. The van der Waals surface area contributed by atoms with Gasteiger partial charge in [-0.1, -0.05) is 5.16 Å². The van der Waals surface area contributed by atoms with Crippen LogP contribution in [0.2, 0.25) is 0 Å². The van der Waals surface area contributed by atoms with Crippen molar-refractivity contribution in [1.29, 1.82) is 0 Å². The Balaban J connectivity index is 1.61. The van der Waals surface area contributed by atoms with Gasteiger partial charge in [0.05, 0.1) is 11.7 Å². The van der Waals surface area contributed by atoms with Gasteiger partial charge in [0.15, 0.2) is 11.5 Å². The summed E-state index contributed by atoms with van der Waals surface area (Å²) in [7, 11) is 0. The van der Waals surface area contributed by atoms with E-state index in [-0.39, 0.29) is 11.9 Å². The number of aromatic nitrogens is 3. The average Bonchev–Trinajstić information content (AvgIpc) is 3.34. The number of furan rings is 1. The number of H-pyrrole nitrogens is 1. The molecule has 1 aliphatic rings. The van der Waals surface area contributed by atoms with Crippen LogP contribution in [0.25, 0.3) is 11.5 Å². The van der Waals surface area contributed by atoms with Gasteiger partial charge >= 0.3 is 0 Å². The average molecular weight is 340 g/mol. The van der Waals surface area contributed by atoms with Gasteiger partial charge in [0.2, 0.25) is 0 Å². The molecule has 4 heterocycles. The lowest BCUT2D eigenvalue weighted by Crippen LogP contribution is -2.31. The number of nitrogens with one attached hydrogen (secondary N) is 1. The third kappa shape index (κ3) is 2.65. The molecule has 1 saturated heterocycles. The van der Waals surface area contributed by atoms with E-state index in [0.29, 0.717) is 23.7 Å². The first-order chi connectivity index (χ1) is 12.0. The van der Waals surface area contributed by atoms with Crippen molar-refractivity contribution < 1.29 is 13.7 Å². The summed E-state index contributed by atoms with van der Waals surface area (Å²) in [5.74, 6) is 2.17. The van der Waals surface area contributed by atoms with Gasteiger partial charge in [0.25, 0.3) is 5.91 Å². The molecule has 1 aliphatic heterocycles. The summed E-state index contributed by atoms with van der Waals surface area (Å²) >= 11 is 0. The van der Waals surface area contributed by atoms with E-state index in [0.717, 1.165) is 35.6 Å². The van der Waals surface area contributed by atoms with Crippen LogP contribution in [-0.4, -0.2) is 32.7 Å². The van der Waals surface area contributed by atoms with Crippen LogP contribution in [0.4, 0.5) is 0 Å². The maximum Gasteiger partial charge on any atom is 0.274 e. The fourth-order valence-electron chi connectivity index (χ4n) is 3.56. The van der Waals surface area contributed by atoms with Crippen LogP contribution >= 0.6 is 0 Å². The first kappa shape index (κ1) is 15.7. The smallest absolute Gasteiger partial charge is 0.274 e. The van der Waals surface area contributed by atoms with Crippen molar-refractivity contribution in [3.8, 4) is 11.5 Å². The zero-order valence-corrected chi connectivity index (χ0v) is 14.5. The lowest BCUT2D eigenvalue weighted by Gasteiger charge is -2.23. The van der Waals surface area contributed by atoms with Gasteiger partial charge in [0.1, 0.15) is 17.2 Å². The molecule has 7 heteroatoms. The largest absolute Gasteiger partial charge is 0.460 e. The molecule has 0 radical (unpaired) electrons. The highest BCUT2D eigenvalue weighted by Gasteiger charge is 2.35. The van der Waals surface area contributed by atoms with E-state index in [9.17, 15) is 4.79 Å². The molecule has 7 nitrogen and oxygen atoms in total. The van der Waals surface area contributed by atoms with Crippen molar-refractivity contribution in [2.24, 2.45) is 0 Å². The number of aromatic amines is 1. The van der Waals surface area contributed by atoms with Gasteiger partial charge in [-0.25, -0.2) is 0 Å². The summed E-state index contributed by atoms with van der Waals surface area (Å²) in [6.45, 7) is 6.39. The van der Waals surface area contributed by atoms with Crippen LogP contribution in [-0.2, 0) is 0 Å². The van der Waals surface area contributed by atoms with Crippen molar-refractivity contribution >= 4 is 5.91 Å². The number of amides is 1. The highest BCUT2D eigenvalue weighted by molar-refractivity contribution is 5.93. The molecule has 0 aromatic carbocycles. The van der Waals surface area contributed by atoms with Crippen molar-refractivity contribution in [3.63, 3.8) is 0 Å². The van der Waals surface area contributed by atoms with Crippen LogP contribution in [0.5, 0.6) is 0 Å². The maximum atomic E-state index is 13.0. The topological polar surface area (TPSA) is 88.2 Å². The molecule has 0 bridgehead atoms. The Kier molecular flexibility index (Phi) is 3.71. The van der Waals surface area contributed by atoms with Crippen LogP contribution < -0.4 is 0 Å². The van der Waals surface area contributed by atoms with Crippen molar-refractivity contribution in [2.75, 3.05) is 6.54 Å². The van der Waals surface area contributed by atoms with Gasteiger partial charge in [-0.15, -0.1) is 0 Å². The van der Waals surface area contributed by atoms with Crippen molar-refractivity contribution in [2.45, 2.75) is 39.7 Å². The van der Waals surface area contributed by atoms with Gasteiger partial charge in [-0.05, 0) is 45.7 Å². The van der Waals surface area contributed by atoms with Crippen molar-refractivity contribution in [1.82, 2.24) is 20.3 Å². The van der Waals surface area contributed by atoms with Gasteiger partial charge in [-0.3, -0.25) is 9.89 Å². The number of carbonyl (C=O) groups is 1.